The van der Waals surface area contributed by atoms with Gasteiger partial charge < -0.3 is 9.90 Å². The van der Waals surface area contributed by atoms with Crippen LogP contribution in [-0.2, 0) is 11.3 Å². The number of aromatic nitrogens is 3. The number of carboxylic acid groups (broad SMARTS) is 1. The average Bonchev–Trinajstić information content (AvgIpc) is 2.75. The Kier molecular flexibility index (Phi) is 3.30. The molecule has 1 aromatic carbocycles. The molecule has 5 nitrogen and oxygen atoms in total. The zero-order chi connectivity index (χ0) is 12.1. The van der Waals surface area contributed by atoms with Crippen molar-refractivity contribution in [1.29, 1.82) is 0 Å². The minimum Gasteiger partial charge on any atom is -0.545 e. The van der Waals surface area contributed by atoms with Crippen LogP contribution in [0.4, 0.5) is 0 Å². The molecule has 0 amide bonds. The molecule has 0 aliphatic rings. The summed E-state index contributed by atoms with van der Waals surface area (Å²) in [6, 6.07) is 9.81. The molecule has 0 bridgehead atoms. The van der Waals surface area contributed by atoms with Crippen LogP contribution in [0.25, 0.3) is 6.08 Å². The zero-order valence-corrected chi connectivity index (χ0v) is 8.98. The maximum absolute atomic E-state index is 10.2. The van der Waals surface area contributed by atoms with Crippen molar-refractivity contribution in [2.75, 3.05) is 0 Å². The van der Waals surface area contributed by atoms with E-state index in [1.165, 1.54) is 6.08 Å². The minimum absolute atomic E-state index is 0.491. The number of hydrogen-bond donors (Lipinski definition) is 0. The summed E-state index contributed by atoms with van der Waals surface area (Å²) in [7, 11) is 0. The van der Waals surface area contributed by atoms with Gasteiger partial charge in [0.15, 0.2) is 0 Å². The summed E-state index contributed by atoms with van der Waals surface area (Å²) in [5, 5.41) is 17.9. The Balaban J connectivity index is 2.06. The van der Waals surface area contributed by atoms with Gasteiger partial charge in [-0.15, -0.1) is 5.10 Å². The summed E-state index contributed by atoms with van der Waals surface area (Å²) in [5.41, 5.74) is 1.60. The smallest absolute Gasteiger partial charge is 0.105 e. The molecule has 0 radical (unpaired) electrons. The topological polar surface area (TPSA) is 70.8 Å². The monoisotopic (exact) mass is 228 g/mol. The van der Waals surface area contributed by atoms with E-state index in [2.05, 4.69) is 10.3 Å². The van der Waals surface area contributed by atoms with E-state index in [1.807, 2.05) is 30.3 Å². The van der Waals surface area contributed by atoms with Gasteiger partial charge in [0.2, 0.25) is 0 Å². The van der Waals surface area contributed by atoms with Crippen molar-refractivity contribution in [3.8, 4) is 0 Å². The molecule has 0 saturated carbocycles. The molecular formula is C12H10N3O2-. The van der Waals surface area contributed by atoms with Crippen LogP contribution in [-0.4, -0.2) is 21.0 Å². The van der Waals surface area contributed by atoms with E-state index in [0.717, 1.165) is 11.6 Å². The molecule has 0 spiro atoms. The van der Waals surface area contributed by atoms with E-state index < -0.39 is 5.97 Å². The lowest BCUT2D eigenvalue weighted by Crippen LogP contribution is -2.18. The van der Waals surface area contributed by atoms with Gasteiger partial charge in [-0.1, -0.05) is 35.5 Å². The molecule has 2 rings (SSSR count). The summed E-state index contributed by atoms with van der Waals surface area (Å²) in [4.78, 5) is 10.2. The SMILES string of the molecule is O=C([O-])/C=C/c1cn(Cc2ccccc2)nn1. The van der Waals surface area contributed by atoms with E-state index in [4.69, 9.17) is 0 Å². The van der Waals surface area contributed by atoms with Gasteiger partial charge in [-0.2, -0.15) is 0 Å². The molecule has 0 fully saturated rings. The number of rotatable bonds is 4. The van der Waals surface area contributed by atoms with Crippen LogP contribution >= 0.6 is 0 Å². The Labute approximate surface area is 98.0 Å². The summed E-state index contributed by atoms with van der Waals surface area (Å²) in [6.45, 7) is 0.604. The molecule has 1 aromatic heterocycles. The molecule has 0 aliphatic carbocycles. The summed E-state index contributed by atoms with van der Waals surface area (Å²) < 4.78 is 1.64. The first kappa shape index (κ1) is 11.1. The summed E-state index contributed by atoms with van der Waals surface area (Å²) in [6.07, 6.45) is 3.95. The van der Waals surface area contributed by atoms with Crippen LogP contribution in [0.1, 0.15) is 11.3 Å². The van der Waals surface area contributed by atoms with Crippen molar-refractivity contribution in [1.82, 2.24) is 15.0 Å². The van der Waals surface area contributed by atoms with Gasteiger partial charge in [-0.05, 0) is 17.7 Å². The molecule has 0 aliphatic heterocycles. The van der Waals surface area contributed by atoms with Gasteiger partial charge in [-0.25, -0.2) is 4.68 Å². The third-order valence-corrected chi connectivity index (χ3v) is 2.13. The van der Waals surface area contributed by atoms with Crippen LogP contribution < -0.4 is 5.11 Å². The van der Waals surface area contributed by atoms with Crippen molar-refractivity contribution in [2.45, 2.75) is 6.54 Å². The quantitative estimate of drug-likeness (QED) is 0.695. The van der Waals surface area contributed by atoms with E-state index in [9.17, 15) is 9.90 Å². The number of nitrogens with zero attached hydrogens (tertiary/aromatic N) is 3. The highest BCUT2D eigenvalue weighted by atomic mass is 16.4. The number of carbonyl (C=O) groups excluding carboxylic acids is 1. The molecule has 0 atom stereocenters. The standard InChI is InChI=1S/C12H11N3O2/c16-12(17)7-6-11-9-15(14-13-11)8-10-4-2-1-3-5-10/h1-7,9H,8H2,(H,16,17)/p-1/b7-6+. The maximum Gasteiger partial charge on any atom is 0.105 e. The fourth-order valence-corrected chi connectivity index (χ4v) is 1.39. The highest BCUT2D eigenvalue weighted by Crippen LogP contribution is 2.02. The first-order valence-electron chi connectivity index (χ1n) is 5.07. The molecule has 2 aromatic rings. The van der Waals surface area contributed by atoms with Crippen LogP contribution in [0.15, 0.2) is 42.6 Å². The lowest BCUT2D eigenvalue weighted by Gasteiger charge is -1.98. The third-order valence-electron chi connectivity index (χ3n) is 2.13. The maximum atomic E-state index is 10.2. The molecule has 0 saturated heterocycles. The second kappa shape index (κ2) is 5.07. The van der Waals surface area contributed by atoms with Crippen LogP contribution in [0.2, 0.25) is 0 Å². The van der Waals surface area contributed by atoms with Crippen LogP contribution in [0.5, 0.6) is 0 Å². The Morgan fingerprint density at radius 2 is 2.12 bits per heavy atom. The van der Waals surface area contributed by atoms with E-state index in [0.29, 0.717) is 12.2 Å². The fourth-order valence-electron chi connectivity index (χ4n) is 1.39. The molecule has 5 heteroatoms. The number of hydrogen-bond acceptors (Lipinski definition) is 4. The van der Waals surface area contributed by atoms with Gasteiger partial charge in [-0.3, -0.25) is 0 Å². The molecule has 0 unspecified atom stereocenters. The Morgan fingerprint density at radius 3 is 2.82 bits per heavy atom. The number of aliphatic carboxylic acids is 1. The second-order valence-corrected chi connectivity index (χ2v) is 3.48. The van der Waals surface area contributed by atoms with Crippen molar-refractivity contribution in [3.05, 3.63) is 53.9 Å². The molecule has 86 valence electrons. The van der Waals surface area contributed by atoms with Gasteiger partial charge in [0.25, 0.3) is 0 Å². The van der Waals surface area contributed by atoms with Crippen molar-refractivity contribution in [3.63, 3.8) is 0 Å². The van der Waals surface area contributed by atoms with Gasteiger partial charge in [0.05, 0.1) is 18.7 Å². The highest BCUT2D eigenvalue weighted by Gasteiger charge is 1.98. The number of carbonyl (C=O) groups is 1. The fraction of sp³-hybridized carbons (Fsp3) is 0.0833. The number of benzene rings is 1. The van der Waals surface area contributed by atoms with Crippen molar-refractivity contribution in [2.24, 2.45) is 0 Å². The average molecular weight is 228 g/mol. The van der Waals surface area contributed by atoms with E-state index >= 15 is 0 Å². The predicted octanol–water partition coefficient (Wildman–Crippen LogP) is 0.0895. The van der Waals surface area contributed by atoms with Gasteiger partial charge in [0.1, 0.15) is 5.69 Å². The largest absolute Gasteiger partial charge is 0.545 e. The lowest BCUT2D eigenvalue weighted by molar-refractivity contribution is -0.297. The molecule has 0 N–H and O–H groups in total. The van der Waals surface area contributed by atoms with Crippen LogP contribution in [0.3, 0.4) is 0 Å². The third kappa shape index (κ3) is 3.27. The van der Waals surface area contributed by atoms with Crippen LogP contribution in [0, 0.1) is 0 Å². The zero-order valence-electron chi connectivity index (χ0n) is 8.98. The summed E-state index contributed by atoms with van der Waals surface area (Å²) in [5.74, 6) is -1.25. The van der Waals surface area contributed by atoms with E-state index in [-0.39, 0.29) is 0 Å². The minimum atomic E-state index is -1.25. The Bertz CT molecular complexity index is 532. The Morgan fingerprint density at radius 1 is 1.35 bits per heavy atom. The lowest BCUT2D eigenvalue weighted by atomic mass is 10.2. The first-order valence-corrected chi connectivity index (χ1v) is 5.07. The molecule has 17 heavy (non-hydrogen) atoms. The van der Waals surface area contributed by atoms with Crippen molar-refractivity contribution < 1.29 is 9.90 Å². The van der Waals surface area contributed by atoms with E-state index in [1.54, 1.807) is 10.9 Å². The van der Waals surface area contributed by atoms with Gasteiger partial charge in [0, 0.05) is 0 Å². The van der Waals surface area contributed by atoms with Crippen molar-refractivity contribution >= 4 is 12.0 Å². The molecular weight excluding hydrogens is 218 g/mol. The predicted molar refractivity (Wildman–Crippen MR) is 59.6 cm³/mol. The first-order chi connectivity index (χ1) is 8.24. The Hall–Kier alpha value is -2.43. The molecule has 1 heterocycles. The normalized spacial score (nSPS) is 10.8. The number of carboxylic acids is 1. The van der Waals surface area contributed by atoms with Gasteiger partial charge >= 0.3 is 0 Å². The highest BCUT2D eigenvalue weighted by molar-refractivity contribution is 5.82. The second-order valence-electron chi connectivity index (χ2n) is 3.48. The summed E-state index contributed by atoms with van der Waals surface area (Å²) >= 11 is 0.